The molecule has 13 heterocycles. The lowest BCUT2D eigenvalue weighted by atomic mass is 10.1. The number of alkyl halides is 16. The van der Waals surface area contributed by atoms with E-state index in [1.54, 1.807) is 119 Å². The van der Waals surface area contributed by atoms with E-state index in [9.17, 15) is 89.4 Å². The van der Waals surface area contributed by atoms with Crippen molar-refractivity contribution in [1.82, 2.24) is 64.2 Å². The number of amides is 8. The Hall–Kier alpha value is -17.1. The first-order valence-corrected chi connectivity index (χ1v) is 42.5. The minimum atomic E-state index is -4.50. The van der Waals surface area contributed by atoms with Crippen molar-refractivity contribution in [3.05, 3.63) is 277 Å². The van der Waals surface area contributed by atoms with Crippen molar-refractivity contribution in [3.63, 3.8) is 0 Å². The Balaban J connectivity index is 0.000000130. The van der Waals surface area contributed by atoms with Crippen LogP contribution in [0.4, 0.5) is 182 Å². The summed E-state index contributed by atoms with van der Waals surface area (Å²) in [6.45, 7) is -9.12. The number of halogens is 16. The molecule has 6 aromatic carbocycles. The van der Waals surface area contributed by atoms with Crippen LogP contribution in [-0.2, 0) is 26.2 Å². The molecule has 20 rings (SSSR count). The molecule has 9 aromatic heterocycles. The van der Waals surface area contributed by atoms with Crippen molar-refractivity contribution in [2.45, 2.75) is 89.8 Å². The zero-order valence-electron chi connectivity index (χ0n) is 73.2. The molecule has 0 radical (unpaired) electrons. The SMILES string of the molecule is COc1ccc(N2C(=O)N(c3ccnc(C)c3)Cc3cnc(NCC(F)(F)F)nc32)cc1.O=C1N(c2ccc3ncccc3c2)Cc2cnc(NCC(F)(F)F)nc2N1c1ccc(C2CC2)cc1.O=C1N(c2ccc3ncccc3c2)Cc2cnc(NCC(F)(F)F)nc2N1c1ccc(OC(F)F)cc1.O=C1N(c2ccc3nccn3c2)Cc2cnc(NCC(F)(F)F)nc2N1c1ccc(OC(F)F)cc1. The minimum Gasteiger partial charge on any atom is -0.497 e. The molecule has 15 aromatic rings. The Kier molecular flexibility index (Phi) is 27.0. The number of fused-ring (bicyclic) bond motifs is 7. The van der Waals surface area contributed by atoms with Crippen LogP contribution in [0.2, 0.25) is 0 Å². The van der Waals surface area contributed by atoms with E-state index in [1.807, 2.05) is 67.6 Å². The van der Waals surface area contributed by atoms with Gasteiger partial charge < -0.3 is 39.9 Å². The van der Waals surface area contributed by atoms with Gasteiger partial charge in [-0.3, -0.25) is 34.6 Å². The lowest BCUT2D eigenvalue weighted by molar-refractivity contribution is -0.116. The quantitative estimate of drug-likeness (QED) is 0.0458. The first kappa shape index (κ1) is 95.6. The number of nitrogens with zero attached hydrogens (tertiary/aromatic N) is 21. The Bertz CT molecular complexity index is 7120. The number of benzene rings is 6. The molecule has 141 heavy (non-hydrogen) atoms. The van der Waals surface area contributed by atoms with Crippen LogP contribution in [-0.4, -0.2) is 160 Å². The number of carbonyl (C=O) groups excluding carboxylic acids is 4. The van der Waals surface area contributed by atoms with Crippen LogP contribution in [0.3, 0.4) is 0 Å². The Morgan fingerprint density at radius 2 is 0.695 bits per heavy atom. The number of pyridine rings is 4. The van der Waals surface area contributed by atoms with Gasteiger partial charge in [-0.2, -0.15) is 90.2 Å². The predicted octanol–water partition coefficient (Wildman–Crippen LogP) is 21.5. The van der Waals surface area contributed by atoms with E-state index in [0.717, 1.165) is 40.3 Å². The number of imidazole rings is 1. The van der Waals surface area contributed by atoms with Gasteiger partial charge in [0.2, 0.25) is 23.8 Å². The number of nitrogens with one attached hydrogen (secondary N) is 4. The molecule has 0 bridgehead atoms. The second-order valence-corrected chi connectivity index (χ2v) is 31.7. The van der Waals surface area contributed by atoms with Gasteiger partial charge in [0.05, 0.1) is 72.8 Å². The number of aromatic nitrogens is 13. The van der Waals surface area contributed by atoms with E-state index in [1.165, 1.54) is 120 Å². The molecule has 724 valence electrons. The normalized spacial score (nSPS) is 14.3. The Morgan fingerprint density at radius 1 is 0.362 bits per heavy atom. The van der Waals surface area contributed by atoms with Gasteiger partial charge in [0, 0.05) is 118 Å². The van der Waals surface area contributed by atoms with E-state index in [4.69, 9.17) is 4.74 Å². The third-order valence-corrected chi connectivity index (χ3v) is 21.8. The van der Waals surface area contributed by atoms with Crippen LogP contribution in [0.5, 0.6) is 17.2 Å². The number of ether oxygens (including phenoxy) is 3. The molecule has 0 atom stereocenters. The van der Waals surface area contributed by atoms with Gasteiger partial charge in [-0.25, -0.2) is 63.7 Å². The Labute approximate surface area is 786 Å². The first-order chi connectivity index (χ1) is 67.5. The van der Waals surface area contributed by atoms with Gasteiger partial charge in [-0.05, 0) is 189 Å². The summed E-state index contributed by atoms with van der Waals surface area (Å²) in [5, 5.41) is 10.3. The highest BCUT2D eigenvalue weighted by molar-refractivity contribution is 6.14. The summed E-state index contributed by atoms with van der Waals surface area (Å²) in [7, 11) is 1.52. The molecule has 32 nitrogen and oxygen atoms in total. The maximum absolute atomic E-state index is 13.9. The van der Waals surface area contributed by atoms with Crippen molar-refractivity contribution >= 4 is 144 Å². The minimum absolute atomic E-state index is 0.0387. The first-order valence-electron chi connectivity index (χ1n) is 42.5. The predicted molar refractivity (Wildman–Crippen MR) is 486 cm³/mol. The number of hydrogen-bond acceptors (Lipinski definition) is 23. The summed E-state index contributed by atoms with van der Waals surface area (Å²) in [6.07, 6.45) is -0.0307. The second-order valence-electron chi connectivity index (χ2n) is 31.7. The number of carbonyl (C=O) groups is 4. The van der Waals surface area contributed by atoms with Crippen molar-refractivity contribution in [3.8, 4) is 17.2 Å². The molecule has 0 saturated heterocycles. The van der Waals surface area contributed by atoms with E-state index in [-0.39, 0.29) is 102 Å². The average Bonchev–Trinajstić information content (AvgIpc) is 1.49. The molecule has 4 N–H and O–H groups in total. The highest BCUT2D eigenvalue weighted by Gasteiger charge is 2.42. The van der Waals surface area contributed by atoms with E-state index >= 15 is 0 Å². The molecule has 0 unspecified atom stereocenters. The number of aryl methyl sites for hydroxylation is 1. The van der Waals surface area contributed by atoms with Crippen molar-refractivity contribution in [2.24, 2.45) is 0 Å². The summed E-state index contributed by atoms with van der Waals surface area (Å²) in [6, 6.07) is 48.1. The maximum atomic E-state index is 13.9. The lowest BCUT2D eigenvalue weighted by Gasteiger charge is -2.36. The summed E-state index contributed by atoms with van der Waals surface area (Å²) < 4.78 is 218. The van der Waals surface area contributed by atoms with Crippen molar-refractivity contribution < 1.29 is 104 Å². The molecule has 5 aliphatic rings. The number of methoxy groups -OCH3 is 1. The summed E-state index contributed by atoms with van der Waals surface area (Å²) in [5.41, 5.74) is 10.1. The highest BCUT2D eigenvalue weighted by atomic mass is 19.4. The highest BCUT2D eigenvalue weighted by Crippen LogP contribution is 2.46. The number of hydrogen-bond donors (Lipinski definition) is 4. The van der Waals surface area contributed by atoms with Gasteiger partial charge >= 0.3 is 62.1 Å². The average molecular weight is 1960 g/mol. The van der Waals surface area contributed by atoms with Gasteiger partial charge in [0.25, 0.3) is 0 Å². The monoisotopic (exact) mass is 1960 g/mol. The molecule has 0 spiro atoms. The van der Waals surface area contributed by atoms with E-state index in [2.05, 4.69) is 90.5 Å². The molecule has 1 aliphatic carbocycles. The van der Waals surface area contributed by atoms with Crippen molar-refractivity contribution in [2.75, 3.05) is 93.8 Å². The van der Waals surface area contributed by atoms with E-state index < -0.39 is 82.2 Å². The topological polar surface area (TPSA) is 329 Å². The fraction of sp³-hybridized carbons (Fsp3) is 0.204. The molecule has 1 saturated carbocycles. The molecule has 4 aliphatic heterocycles. The fourth-order valence-electron chi connectivity index (χ4n) is 15.2. The maximum Gasteiger partial charge on any atom is 0.405 e. The van der Waals surface area contributed by atoms with Crippen molar-refractivity contribution in [1.29, 1.82) is 0 Å². The molecular weight excluding hydrogens is 1880 g/mol. The molecule has 1 fully saturated rings. The van der Waals surface area contributed by atoms with Gasteiger partial charge in [-0.1, -0.05) is 24.3 Å². The number of urea groups is 4. The lowest BCUT2D eigenvalue weighted by Crippen LogP contribution is -2.45. The van der Waals surface area contributed by atoms with Gasteiger partial charge in [0.15, 0.2) is 23.3 Å². The zero-order valence-corrected chi connectivity index (χ0v) is 73.2. The molecule has 8 amide bonds. The van der Waals surface area contributed by atoms with Crippen LogP contribution in [0, 0.1) is 6.92 Å². The van der Waals surface area contributed by atoms with Crippen LogP contribution in [0.25, 0.3) is 27.5 Å². The molecule has 48 heteroatoms. The second kappa shape index (κ2) is 39.9. The van der Waals surface area contributed by atoms with E-state index in [0.29, 0.717) is 73.7 Å². The van der Waals surface area contributed by atoms with Crippen LogP contribution in [0.15, 0.2) is 244 Å². The summed E-state index contributed by atoms with van der Waals surface area (Å²) in [4.78, 5) is 116. The van der Waals surface area contributed by atoms with Gasteiger partial charge in [-0.15, -0.1) is 0 Å². The standard InChI is InChI=1S/C26H21F3N6O.C24H17F5N6O2.C22H16F5N7O2.C21H19F3N6O2/c27-26(28,29)15-32-24-31-13-19-14-34(21-9-10-22-18(12-21)2-1-11-30-22)25(36)35(23(19)33-24)20-7-5-17(6-8-20)16-3-4-16;25-21(26)37-18-6-3-16(4-7-18)35-20-15(11-31-22(33-20)32-13-24(27,28)29)12-34(23(35)36)17-5-8-19-14(10-17)2-1-9-30-19;23-19(24)36-16-4-1-14(2-5-16)34-18-13(9-29-20(31-18)30-12-22(25,26)27)10-33(21(34)35)15-3-6-17-28-7-8-32(17)11-15;1-13-9-16(7-8-25-13)29-11-14-10-26-19(27-12-21(22,23)24)28-18(14)30(20(29)31)15-3-5-17(32-2)6-4-15/h1-2,5-13,16H,3-4,14-15H2,(H,31,32,33);1-11,21H,12-13H2,(H,31,32,33);1-9,11,19H,10,12H2,(H,29,30,31);3-10H,11-12H2,1-2H3,(H,26,27,28). The van der Waals surface area contributed by atoms with Crippen LogP contribution >= 0.6 is 0 Å². The summed E-state index contributed by atoms with van der Waals surface area (Å²) in [5.74, 6) is 0.416. The van der Waals surface area contributed by atoms with Crippen LogP contribution in [0.1, 0.15) is 52.3 Å². The third-order valence-electron chi connectivity index (χ3n) is 21.8. The van der Waals surface area contributed by atoms with Gasteiger partial charge in [0.1, 0.15) is 49.1 Å². The fourth-order valence-corrected chi connectivity index (χ4v) is 15.2. The zero-order chi connectivity index (χ0) is 99.3. The smallest absolute Gasteiger partial charge is 0.405 e. The van der Waals surface area contributed by atoms with Crippen LogP contribution < -0.4 is 74.7 Å². The third kappa shape index (κ3) is 22.8. The summed E-state index contributed by atoms with van der Waals surface area (Å²) >= 11 is 0. The number of rotatable bonds is 22. The molecular formula is C93H73F16N25O7. The Morgan fingerprint density at radius 3 is 1.04 bits per heavy atom. The largest absolute Gasteiger partial charge is 0.497 e. The number of anilines is 16.